The standard InChI is InChI=1S/C28H35FN2O3S/c1-34-23-6-8-27-25(17-23)24(9-12-30-27)26(29)7-5-21-10-14-31(18-22(21)16-28(32)33)13-3-2-4-20-11-15-35-19-20/h6,8-9,11-12,15,17,19,21-22,26H,2-5,7,10,13-14,16,18H2,1H3,(H,32,33)/t21-,22+,26+/m1/s1. The van der Waals surface area contributed by atoms with Crippen LogP contribution in [0.2, 0.25) is 0 Å². The van der Waals surface area contributed by atoms with Gasteiger partial charge in [-0.2, -0.15) is 11.3 Å². The average Bonchev–Trinajstić information content (AvgIpc) is 3.38. The first-order valence-electron chi connectivity index (χ1n) is 12.6. The van der Waals surface area contributed by atoms with Crippen LogP contribution in [0.5, 0.6) is 5.75 Å². The maximum absolute atomic E-state index is 15.4. The van der Waals surface area contributed by atoms with Gasteiger partial charge >= 0.3 is 5.97 Å². The fraction of sp³-hybridized carbons (Fsp3) is 0.500. The van der Waals surface area contributed by atoms with Gasteiger partial charge in [0.15, 0.2) is 0 Å². The van der Waals surface area contributed by atoms with Gasteiger partial charge in [0.05, 0.1) is 12.6 Å². The third-order valence-corrected chi connectivity index (χ3v) is 8.03. The lowest BCUT2D eigenvalue weighted by Crippen LogP contribution is -2.41. The van der Waals surface area contributed by atoms with E-state index in [1.165, 1.54) is 5.56 Å². The van der Waals surface area contributed by atoms with Crippen LogP contribution < -0.4 is 4.74 Å². The van der Waals surface area contributed by atoms with Gasteiger partial charge in [0.1, 0.15) is 11.9 Å². The molecule has 35 heavy (non-hydrogen) atoms. The minimum atomic E-state index is -1.12. The van der Waals surface area contributed by atoms with Crippen LogP contribution in [0.25, 0.3) is 10.9 Å². The summed E-state index contributed by atoms with van der Waals surface area (Å²) in [6.07, 6.45) is 6.07. The molecule has 0 saturated carbocycles. The highest BCUT2D eigenvalue weighted by atomic mass is 32.1. The summed E-state index contributed by atoms with van der Waals surface area (Å²) in [5.41, 5.74) is 2.78. The van der Waals surface area contributed by atoms with E-state index in [4.69, 9.17) is 4.74 Å². The van der Waals surface area contributed by atoms with E-state index in [1.807, 2.05) is 18.2 Å². The molecule has 0 radical (unpaired) electrons. The number of thiophene rings is 1. The Balaban J connectivity index is 1.32. The molecule has 1 saturated heterocycles. The van der Waals surface area contributed by atoms with E-state index in [0.29, 0.717) is 24.2 Å². The molecule has 3 atom stereocenters. The second kappa shape index (κ2) is 12.5. The number of halogens is 1. The number of carboxylic acid groups (broad SMARTS) is 1. The van der Waals surface area contributed by atoms with Crippen LogP contribution in [0, 0.1) is 11.8 Å². The van der Waals surface area contributed by atoms with E-state index in [-0.39, 0.29) is 18.3 Å². The largest absolute Gasteiger partial charge is 0.497 e. The van der Waals surface area contributed by atoms with E-state index in [9.17, 15) is 9.90 Å². The molecule has 7 heteroatoms. The Labute approximate surface area is 210 Å². The van der Waals surface area contributed by atoms with Crippen molar-refractivity contribution in [1.82, 2.24) is 9.88 Å². The van der Waals surface area contributed by atoms with Crippen molar-refractivity contribution in [2.45, 2.75) is 51.1 Å². The summed E-state index contributed by atoms with van der Waals surface area (Å²) in [7, 11) is 1.60. The van der Waals surface area contributed by atoms with Crippen molar-refractivity contribution in [2.75, 3.05) is 26.7 Å². The number of unbranched alkanes of at least 4 members (excludes halogenated alkanes) is 1. The molecule has 1 aliphatic heterocycles. The summed E-state index contributed by atoms with van der Waals surface area (Å²) in [6.45, 7) is 2.76. The summed E-state index contributed by atoms with van der Waals surface area (Å²) in [6, 6.07) is 9.46. The van der Waals surface area contributed by atoms with Crippen molar-refractivity contribution >= 4 is 28.2 Å². The fourth-order valence-electron chi connectivity index (χ4n) is 5.36. The normalized spacial score (nSPS) is 19.6. The number of ether oxygens (including phenoxy) is 1. The molecule has 5 nitrogen and oxygen atoms in total. The van der Waals surface area contributed by atoms with Crippen molar-refractivity contribution in [1.29, 1.82) is 0 Å². The zero-order chi connectivity index (χ0) is 24.6. The number of aromatic nitrogens is 1. The quantitative estimate of drug-likeness (QED) is 0.288. The lowest BCUT2D eigenvalue weighted by Gasteiger charge is -2.38. The van der Waals surface area contributed by atoms with Gasteiger partial charge in [-0.05, 0) is 116 Å². The average molecular weight is 499 g/mol. The predicted octanol–water partition coefficient (Wildman–Crippen LogP) is 6.53. The number of pyridine rings is 1. The van der Waals surface area contributed by atoms with E-state index >= 15 is 4.39 Å². The maximum atomic E-state index is 15.4. The van der Waals surface area contributed by atoms with Gasteiger partial charge in [0.2, 0.25) is 0 Å². The van der Waals surface area contributed by atoms with Crippen LogP contribution in [0.15, 0.2) is 47.3 Å². The number of likely N-dealkylation sites (tertiary alicyclic amines) is 1. The molecule has 1 aliphatic rings. The van der Waals surface area contributed by atoms with Gasteiger partial charge < -0.3 is 14.7 Å². The molecular weight excluding hydrogens is 463 g/mol. The molecule has 188 valence electrons. The molecule has 0 aliphatic carbocycles. The lowest BCUT2D eigenvalue weighted by atomic mass is 9.79. The van der Waals surface area contributed by atoms with Crippen molar-refractivity contribution in [2.24, 2.45) is 11.8 Å². The third-order valence-electron chi connectivity index (χ3n) is 7.29. The monoisotopic (exact) mass is 498 g/mol. The van der Waals surface area contributed by atoms with Crippen molar-refractivity contribution < 1.29 is 19.0 Å². The molecule has 2 aromatic heterocycles. The first-order valence-corrected chi connectivity index (χ1v) is 13.5. The number of nitrogens with zero attached hydrogens (tertiary/aromatic N) is 2. The van der Waals surface area contributed by atoms with Crippen LogP contribution in [0.4, 0.5) is 4.39 Å². The number of hydrogen-bond donors (Lipinski definition) is 1. The molecule has 3 aromatic rings. The molecule has 0 unspecified atom stereocenters. The Morgan fingerprint density at radius 2 is 2.17 bits per heavy atom. The van der Waals surface area contributed by atoms with Crippen LogP contribution in [-0.2, 0) is 11.2 Å². The van der Waals surface area contributed by atoms with E-state index in [0.717, 1.165) is 56.2 Å². The Morgan fingerprint density at radius 1 is 1.29 bits per heavy atom. The van der Waals surface area contributed by atoms with Crippen molar-refractivity contribution in [3.63, 3.8) is 0 Å². The second-order valence-corrected chi connectivity index (χ2v) is 10.4. The number of carboxylic acids is 1. The zero-order valence-corrected chi connectivity index (χ0v) is 21.2. The maximum Gasteiger partial charge on any atom is 0.303 e. The smallest absolute Gasteiger partial charge is 0.303 e. The summed E-state index contributed by atoms with van der Waals surface area (Å²) >= 11 is 1.74. The Kier molecular flexibility index (Phi) is 9.10. The number of aliphatic carboxylic acids is 1. The number of rotatable bonds is 12. The molecule has 1 N–H and O–H groups in total. The SMILES string of the molecule is COc1ccc2nccc([C@@H](F)CC[C@@H]3CCN(CCCCc4ccsc4)C[C@@H]3CC(=O)O)c2c1. The molecule has 0 amide bonds. The summed E-state index contributed by atoms with van der Waals surface area (Å²) in [5.74, 6) is 0.222. The van der Waals surface area contributed by atoms with Crippen LogP contribution in [0.3, 0.4) is 0 Å². The highest BCUT2D eigenvalue weighted by Gasteiger charge is 2.31. The molecule has 3 heterocycles. The number of methoxy groups -OCH3 is 1. The molecule has 0 spiro atoms. The second-order valence-electron chi connectivity index (χ2n) is 9.62. The predicted molar refractivity (Wildman–Crippen MR) is 139 cm³/mol. The van der Waals surface area contributed by atoms with Crippen LogP contribution in [-0.4, -0.2) is 47.7 Å². The molecule has 0 bridgehead atoms. The number of aryl methyl sites for hydroxylation is 1. The van der Waals surface area contributed by atoms with Crippen LogP contribution >= 0.6 is 11.3 Å². The number of carbonyl (C=O) groups is 1. The topological polar surface area (TPSA) is 62.7 Å². The first kappa shape index (κ1) is 25.6. The minimum absolute atomic E-state index is 0.0691. The Morgan fingerprint density at radius 3 is 2.94 bits per heavy atom. The van der Waals surface area contributed by atoms with E-state index < -0.39 is 12.1 Å². The molecule has 1 fully saturated rings. The van der Waals surface area contributed by atoms with Gasteiger partial charge in [-0.3, -0.25) is 9.78 Å². The van der Waals surface area contributed by atoms with Crippen molar-refractivity contribution in [3.8, 4) is 5.75 Å². The minimum Gasteiger partial charge on any atom is -0.497 e. The van der Waals surface area contributed by atoms with Gasteiger partial charge in [-0.1, -0.05) is 0 Å². The van der Waals surface area contributed by atoms with Gasteiger partial charge in [-0.15, -0.1) is 0 Å². The highest BCUT2D eigenvalue weighted by Crippen LogP contribution is 2.36. The molecule has 1 aromatic carbocycles. The number of benzene rings is 1. The summed E-state index contributed by atoms with van der Waals surface area (Å²) in [5, 5.41) is 14.6. The molecular formula is C28H35FN2O3S. The lowest BCUT2D eigenvalue weighted by molar-refractivity contribution is -0.139. The van der Waals surface area contributed by atoms with Crippen LogP contribution in [0.1, 0.15) is 55.8 Å². The molecule has 4 rings (SSSR count). The summed E-state index contributed by atoms with van der Waals surface area (Å²) in [4.78, 5) is 18.3. The number of hydrogen-bond acceptors (Lipinski definition) is 5. The first-order chi connectivity index (χ1) is 17.0. The fourth-order valence-corrected chi connectivity index (χ4v) is 6.06. The third kappa shape index (κ3) is 7.01. The highest BCUT2D eigenvalue weighted by molar-refractivity contribution is 7.07. The van der Waals surface area contributed by atoms with E-state index in [1.54, 1.807) is 30.7 Å². The number of alkyl halides is 1. The zero-order valence-electron chi connectivity index (χ0n) is 20.4. The van der Waals surface area contributed by atoms with Gasteiger partial charge in [-0.25, -0.2) is 4.39 Å². The summed E-state index contributed by atoms with van der Waals surface area (Å²) < 4.78 is 20.8. The van der Waals surface area contributed by atoms with Crippen molar-refractivity contribution in [3.05, 3.63) is 58.4 Å². The van der Waals surface area contributed by atoms with Gasteiger partial charge in [0, 0.05) is 24.5 Å². The number of piperidine rings is 1. The number of fused-ring (bicyclic) bond motifs is 1. The van der Waals surface area contributed by atoms with E-state index in [2.05, 4.69) is 26.7 Å². The van der Waals surface area contributed by atoms with Gasteiger partial charge in [0.25, 0.3) is 0 Å². The Hall–Kier alpha value is -2.51. The Bertz CT molecular complexity index is 1090.